The summed E-state index contributed by atoms with van der Waals surface area (Å²) in [6, 6.07) is 8.52. The summed E-state index contributed by atoms with van der Waals surface area (Å²) in [4.78, 5) is 27.9. The summed E-state index contributed by atoms with van der Waals surface area (Å²) in [5.74, 6) is 0.197. The number of hydrogen-bond donors (Lipinski definition) is 0. The first-order chi connectivity index (χ1) is 12.6. The summed E-state index contributed by atoms with van der Waals surface area (Å²) in [5.41, 5.74) is 2.06. The molecule has 0 bridgehead atoms. The number of pyridine rings is 1. The predicted molar refractivity (Wildman–Crippen MR) is 96.4 cm³/mol. The molecule has 0 aliphatic carbocycles. The second-order valence-electron chi connectivity index (χ2n) is 5.44. The van der Waals surface area contributed by atoms with E-state index in [4.69, 9.17) is 14.2 Å². The van der Waals surface area contributed by atoms with Crippen LogP contribution in [-0.4, -0.2) is 30.1 Å². The largest absolute Gasteiger partial charge is 0.466 e. The normalized spacial score (nSPS) is 10.3. The smallest absolute Gasteiger partial charge is 0.338 e. The first kappa shape index (κ1) is 19.4. The third-order valence-electron chi connectivity index (χ3n) is 3.67. The van der Waals surface area contributed by atoms with Crippen molar-refractivity contribution in [2.75, 3.05) is 13.2 Å². The molecular weight excluding hydrogens is 334 g/mol. The summed E-state index contributed by atoms with van der Waals surface area (Å²) in [6.45, 7) is 6.14. The Balaban J connectivity index is 2.25. The van der Waals surface area contributed by atoms with Crippen LogP contribution in [0.2, 0.25) is 0 Å². The average Bonchev–Trinajstić information content (AvgIpc) is 2.62. The van der Waals surface area contributed by atoms with Crippen LogP contribution in [0, 0.1) is 0 Å². The Morgan fingerprint density at radius 2 is 1.81 bits per heavy atom. The van der Waals surface area contributed by atoms with Gasteiger partial charge in [-0.25, -0.2) is 9.78 Å². The third-order valence-corrected chi connectivity index (χ3v) is 3.67. The van der Waals surface area contributed by atoms with Gasteiger partial charge in [-0.15, -0.1) is 0 Å². The Morgan fingerprint density at radius 1 is 1.04 bits per heavy atom. The van der Waals surface area contributed by atoms with Crippen LogP contribution in [0.25, 0.3) is 0 Å². The molecule has 1 aromatic carbocycles. The number of esters is 2. The number of aromatic nitrogens is 1. The van der Waals surface area contributed by atoms with Crippen molar-refractivity contribution in [3.05, 3.63) is 53.2 Å². The van der Waals surface area contributed by atoms with E-state index in [2.05, 4.69) is 4.98 Å². The van der Waals surface area contributed by atoms with Crippen molar-refractivity contribution >= 4 is 11.9 Å². The number of nitrogens with zero attached hydrogens (tertiary/aromatic N) is 1. The molecular formula is C20H23NO5. The van der Waals surface area contributed by atoms with Gasteiger partial charge >= 0.3 is 11.9 Å². The van der Waals surface area contributed by atoms with Gasteiger partial charge in [0.25, 0.3) is 0 Å². The Hall–Kier alpha value is -2.89. The number of hydrogen-bond acceptors (Lipinski definition) is 6. The molecule has 0 atom stereocenters. The molecule has 1 heterocycles. The number of carbonyl (C=O) groups is 2. The van der Waals surface area contributed by atoms with Crippen LogP contribution in [0.5, 0.6) is 11.6 Å². The SMILES string of the molecule is CCOC(=O)Cc1ccnc(Oc2cccc(C(=O)OCC)c2)c1CC. The highest BCUT2D eigenvalue weighted by atomic mass is 16.5. The van der Waals surface area contributed by atoms with E-state index in [1.165, 1.54) is 0 Å². The standard InChI is InChI=1S/C20H23NO5/c1-4-17-14(13-18(22)24-5-2)10-11-21-19(17)26-16-9-7-8-15(12-16)20(23)25-6-3/h7-12H,4-6,13H2,1-3H3. The highest BCUT2D eigenvalue weighted by Gasteiger charge is 2.15. The molecule has 2 rings (SSSR count). The quantitative estimate of drug-likeness (QED) is 0.670. The van der Waals surface area contributed by atoms with Gasteiger partial charge in [-0.3, -0.25) is 4.79 Å². The molecule has 0 aliphatic rings. The van der Waals surface area contributed by atoms with Crippen LogP contribution in [0.15, 0.2) is 36.5 Å². The average molecular weight is 357 g/mol. The van der Waals surface area contributed by atoms with Gasteiger partial charge in [0.15, 0.2) is 0 Å². The Morgan fingerprint density at radius 3 is 2.50 bits per heavy atom. The monoisotopic (exact) mass is 357 g/mol. The maximum absolute atomic E-state index is 11.9. The van der Waals surface area contributed by atoms with Gasteiger partial charge in [0.2, 0.25) is 5.88 Å². The zero-order valence-electron chi connectivity index (χ0n) is 15.3. The lowest BCUT2D eigenvalue weighted by Gasteiger charge is -2.13. The van der Waals surface area contributed by atoms with E-state index in [0.717, 1.165) is 11.1 Å². The van der Waals surface area contributed by atoms with Crippen molar-refractivity contribution in [3.63, 3.8) is 0 Å². The van der Waals surface area contributed by atoms with Crippen molar-refractivity contribution in [3.8, 4) is 11.6 Å². The number of benzene rings is 1. The molecule has 6 heteroatoms. The molecule has 0 aliphatic heterocycles. The maximum atomic E-state index is 11.9. The van der Waals surface area contributed by atoms with E-state index in [-0.39, 0.29) is 12.4 Å². The van der Waals surface area contributed by atoms with Crippen LogP contribution in [0.3, 0.4) is 0 Å². The lowest BCUT2D eigenvalue weighted by atomic mass is 10.0. The summed E-state index contributed by atoms with van der Waals surface area (Å²) in [5, 5.41) is 0. The molecule has 26 heavy (non-hydrogen) atoms. The lowest BCUT2D eigenvalue weighted by Crippen LogP contribution is -2.10. The summed E-state index contributed by atoms with van der Waals surface area (Å²) in [6.07, 6.45) is 2.41. The molecule has 0 unspecified atom stereocenters. The fraction of sp³-hybridized carbons (Fsp3) is 0.350. The van der Waals surface area contributed by atoms with Crippen LogP contribution in [0.1, 0.15) is 42.3 Å². The molecule has 0 spiro atoms. The van der Waals surface area contributed by atoms with Crippen LogP contribution in [0.4, 0.5) is 0 Å². The number of carbonyl (C=O) groups excluding carboxylic acids is 2. The Kier molecular flexibility index (Phi) is 7.14. The first-order valence-corrected chi connectivity index (χ1v) is 8.66. The lowest BCUT2D eigenvalue weighted by molar-refractivity contribution is -0.142. The number of rotatable bonds is 8. The van der Waals surface area contributed by atoms with Crippen molar-refractivity contribution in [2.45, 2.75) is 33.6 Å². The molecule has 0 radical (unpaired) electrons. The van der Waals surface area contributed by atoms with E-state index in [0.29, 0.717) is 36.8 Å². The maximum Gasteiger partial charge on any atom is 0.338 e. The van der Waals surface area contributed by atoms with Gasteiger partial charge in [-0.1, -0.05) is 13.0 Å². The van der Waals surface area contributed by atoms with E-state index < -0.39 is 5.97 Å². The van der Waals surface area contributed by atoms with E-state index >= 15 is 0 Å². The molecule has 0 saturated carbocycles. The zero-order valence-corrected chi connectivity index (χ0v) is 15.3. The van der Waals surface area contributed by atoms with Gasteiger partial charge in [-0.05, 0) is 50.1 Å². The molecule has 0 fully saturated rings. The van der Waals surface area contributed by atoms with Gasteiger partial charge < -0.3 is 14.2 Å². The van der Waals surface area contributed by atoms with Gasteiger partial charge in [0, 0.05) is 11.8 Å². The summed E-state index contributed by atoms with van der Waals surface area (Å²) in [7, 11) is 0. The third kappa shape index (κ3) is 5.05. The van der Waals surface area contributed by atoms with E-state index in [1.54, 1.807) is 50.4 Å². The number of ether oxygens (including phenoxy) is 3. The minimum absolute atomic E-state index is 0.165. The zero-order chi connectivity index (χ0) is 18.9. The Labute approximate surface area is 153 Å². The highest BCUT2D eigenvalue weighted by Crippen LogP contribution is 2.27. The predicted octanol–water partition coefficient (Wildman–Crippen LogP) is 3.72. The molecule has 138 valence electrons. The Bertz CT molecular complexity index is 773. The highest BCUT2D eigenvalue weighted by molar-refractivity contribution is 5.89. The molecule has 0 amide bonds. The first-order valence-electron chi connectivity index (χ1n) is 8.66. The van der Waals surface area contributed by atoms with E-state index in [1.807, 2.05) is 6.92 Å². The van der Waals surface area contributed by atoms with Gasteiger partial charge in [0.05, 0.1) is 25.2 Å². The van der Waals surface area contributed by atoms with Crippen molar-refractivity contribution in [2.24, 2.45) is 0 Å². The van der Waals surface area contributed by atoms with Crippen LogP contribution >= 0.6 is 0 Å². The second kappa shape index (κ2) is 9.56. The molecule has 0 N–H and O–H groups in total. The van der Waals surface area contributed by atoms with Crippen molar-refractivity contribution in [1.82, 2.24) is 4.98 Å². The minimum atomic E-state index is -0.405. The molecule has 1 aromatic heterocycles. The summed E-state index contributed by atoms with van der Waals surface area (Å²) >= 11 is 0. The molecule has 6 nitrogen and oxygen atoms in total. The minimum Gasteiger partial charge on any atom is -0.466 e. The second-order valence-corrected chi connectivity index (χ2v) is 5.44. The van der Waals surface area contributed by atoms with Crippen molar-refractivity contribution in [1.29, 1.82) is 0 Å². The fourth-order valence-corrected chi connectivity index (χ4v) is 2.52. The van der Waals surface area contributed by atoms with Gasteiger partial charge in [0.1, 0.15) is 5.75 Å². The summed E-state index contributed by atoms with van der Waals surface area (Å²) < 4.78 is 15.9. The van der Waals surface area contributed by atoms with Crippen LogP contribution in [-0.2, 0) is 27.1 Å². The van der Waals surface area contributed by atoms with Crippen LogP contribution < -0.4 is 4.74 Å². The molecule has 0 saturated heterocycles. The topological polar surface area (TPSA) is 74.7 Å². The molecule has 2 aromatic rings. The van der Waals surface area contributed by atoms with E-state index in [9.17, 15) is 9.59 Å². The van der Waals surface area contributed by atoms with Gasteiger partial charge in [-0.2, -0.15) is 0 Å². The fourth-order valence-electron chi connectivity index (χ4n) is 2.52. The van der Waals surface area contributed by atoms with Crippen molar-refractivity contribution < 1.29 is 23.8 Å².